The zero-order valence-electron chi connectivity index (χ0n) is 7.07. The normalized spacial score (nSPS) is 16.7. The molecule has 1 aliphatic carbocycles. The summed E-state index contributed by atoms with van der Waals surface area (Å²) in [6, 6.07) is 2.11. The SMILES string of the molecule is Clc1c(C2CC2)ccn2ccnc12. The van der Waals surface area contributed by atoms with Crippen LogP contribution in [0.1, 0.15) is 24.3 Å². The largest absolute Gasteiger partial charge is 0.306 e. The monoisotopic (exact) mass is 192 g/mol. The van der Waals surface area contributed by atoms with E-state index in [-0.39, 0.29) is 0 Å². The van der Waals surface area contributed by atoms with Crippen LogP contribution >= 0.6 is 11.6 Å². The van der Waals surface area contributed by atoms with Gasteiger partial charge in [-0.15, -0.1) is 0 Å². The first kappa shape index (κ1) is 7.39. The second kappa shape index (κ2) is 2.48. The van der Waals surface area contributed by atoms with Crippen molar-refractivity contribution in [1.82, 2.24) is 9.38 Å². The van der Waals surface area contributed by atoms with Crippen molar-refractivity contribution in [1.29, 1.82) is 0 Å². The summed E-state index contributed by atoms with van der Waals surface area (Å²) in [5.74, 6) is 0.689. The van der Waals surface area contributed by atoms with Crippen LogP contribution in [0.15, 0.2) is 24.7 Å². The zero-order valence-corrected chi connectivity index (χ0v) is 7.83. The Kier molecular flexibility index (Phi) is 1.41. The van der Waals surface area contributed by atoms with Gasteiger partial charge in [0.2, 0.25) is 0 Å². The average molecular weight is 193 g/mol. The minimum absolute atomic E-state index is 0.689. The molecule has 1 fully saturated rings. The van der Waals surface area contributed by atoms with Crippen molar-refractivity contribution in [3.05, 3.63) is 35.2 Å². The van der Waals surface area contributed by atoms with Crippen molar-refractivity contribution < 1.29 is 0 Å². The maximum atomic E-state index is 6.23. The molecule has 0 bridgehead atoms. The summed E-state index contributed by atoms with van der Waals surface area (Å²) in [4.78, 5) is 4.22. The van der Waals surface area contributed by atoms with E-state index in [4.69, 9.17) is 11.6 Å². The third kappa shape index (κ3) is 1.05. The van der Waals surface area contributed by atoms with E-state index in [0.717, 1.165) is 10.7 Å². The Morgan fingerprint density at radius 3 is 3.00 bits per heavy atom. The Bertz CT molecular complexity index is 457. The summed E-state index contributed by atoms with van der Waals surface area (Å²) in [6.45, 7) is 0. The predicted molar refractivity (Wildman–Crippen MR) is 52.2 cm³/mol. The molecule has 0 aliphatic heterocycles. The van der Waals surface area contributed by atoms with Crippen LogP contribution in [0, 0.1) is 0 Å². The number of aromatic nitrogens is 2. The number of imidazole rings is 1. The highest BCUT2D eigenvalue weighted by molar-refractivity contribution is 6.34. The van der Waals surface area contributed by atoms with E-state index in [1.165, 1.54) is 18.4 Å². The number of nitrogens with zero attached hydrogens (tertiary/aromatic N) is 2. The Balaban J connectivity index is 2.30. The van der Waals surface area contributed by atoms with Crippen LogP contribution in [0.25, 0.3) is 5.65 Å². The fraction of sp³-hybridized carbons (Fsp3) is 0.300. The molecule has 66 valence electrons. The number of hydrogen-bond donors (Lipinski definition) is 0. The summed E-state index contributed by atoms with van der Waals surface area (Å²) in [5.41, 5.74) is 2.14. The van der Waals surface area contributed by atoms with Crippen molar-refractivity contribution in [2.45, 2.75) is 18.8 Å². The maximum Gasteiger partial charge on any atom is 0.155 e. The minimum atomic E-state index is 0.689. The van der Waals surface area contributed by atoms with Crippen molar-refractivity contribution >= 4 is 17.2 Å². The highest BCUT2D eigenvalue weighted by atomic mass is 35.5. The third-order valence-corrected chi connectivity index (χ3v) is 2.94. The molecule has 3 rings (SSSR count). The van der Waals surface area contributed by atoms with Gasteiger partial charge < -0.3 is 4.40 Å². The fourth-order valence-corrected chi connectivity index (χ4v) is 2.04. The smallest absolute Gasteiger partial charge is 0.155 e. The second-order valence-electron chi connectivity index (χ2n) is 3.52. The molecule has 2 aromatic heterocycles. The molecule has 1 aliphatic rings. The van der Waals surface area contributed by atoms with E-state index >= 15 is 0 Å². The maximum absolute atomic E-state index is 6.23. The van der Waals surface area contributed by atoms with Gasteiger partial charge in [-0.25, -0.2) is 4.98 Å². The quantitative estimate of drug-likeness (QED) is 0.679. The molecule has 0 N–H and O–H groups in total. The summed E-state index contributed by atoms with van der Waals surface area (Å²) < 4.78 is 1.95. The highest BCUT2D eigenvalue weighted by Gasteiger charge is 2.26. The molecule has 0 aromatic carbocycles. The average Bonchev–Trinajstić information content (AvgIpc) is 2.83. The van der Waals surface area contributed by atoms with Gasteiger partial charge in [0.25, 0.3) is 0 Å². The van der Waals surface area contributed by atoms with Crippen LogP contribution < -0.4 is 0 Å². The summed E-state index contributed by atoms with van der Waals surface area (Å²) >= 11 is 6.23. The molecule has 0 atom stereocenters. The first-order chi connectivity index (χ1) is 6.36. The van der Waals surface area contributed by atoms with E-state index in [1.54, 1.807) is 6.20 Å². The number of halogens is 1. The molecule has 2 nitrogen and oxygen atoms in total. The second-order valence-corrected chi connectivity index (χ2v) is 3.90. The van der Waals surface area contributed by atoms with Gasteiger partial charge >= 0.3 is 0 Å². The van der Waals surface area contributed by atoms with Crippen LogP contribution in [-0.4, -0.2) is 9.38 Å². The van der Waals surface area contributed by atoms with Crippen LogP contribution in [0.2, 0.25) is 5.02 Å². The number of hydrogen-bond acceptors (Lipinski definition) is 1. The van der Waals surface area contributed by atoms with Crippen LogP contribution in [0.5, 0.6) is 0 Å². The van der Waals surface area contributed by atoms with Gasteiger partial charge in [-0.3, -0.25) is 0 Å². The van der Waals surface area contributed by atoms with Crippen LogP contribution in [-0.2, 0) is 0 Å². The van der Waals surface area contributed by atoms with Gasteiger partial charge in [-0.1, -0.05) is 11.6 Å². The summed E-state index contributed by atoms with van der Waals surface area (Å²) in [5, 5.41) is 0.829. The molecule has 0 radical (unpaired) electrons. The number of rotatable bonds is 1. The lowest BCUT2D eigenvalue weighted by Crippen LogP contribution is -1.89. The molecular formula is C10H9ClN2. The molecule has 0 amide bonds. The van der Waals surface area contributed by atoms with Gasteiger partial charge in [0.1, 0.15) is 0 Å². The third-order valence-electron chi connectivity index (χ3n) is 2.55. The number of fused-ring (bicyclic) bond motifs is 1. The van der Waals surface area contributed by atoms with E-state index in [1.807, 2.05) is 16.8 Å². The van der Waals surface area contributed by atoms with Gasteiger partial charge in [0.05, 0.1) is 5.02 Å². The first-order valence-corrected chi connectivity index (χ1v) is 4.85. The molecule has 1 saturated carbocycles. The Morgan fingerprint density at radius 2 is 2.23 bits per heavy atom. The van der Waals surface area contributed by atoms with Crippen molar-refractivity contribution in [2.24, 2.45) is 0 Å². The van der Waals surface area contributed by atoms with E-state index in [2.05, 4.69) is 11.1 Å². The Hall–Kier alpha value is -1.02. The molecule has 2 heterocycles. The Labute approximate surface area is 81.2 Å². The van der Waals surface area contributed by atoms with Gasteiger partial charge in [0, 0.05) is 18.6 Å². The lowest BCUT2D eigenvalue weighted by Gasteiger charge is -2.02. The lowest BCUT2D eigenvalue weighted by molar-refractivity contribution is 1.09. The lowest BCUT2D eigenvalue weighted by atomic mass is 10.2. The summed E-state index contributed by atoms with van der Waals surface area (Å²) in [6.07, 6.45) is 8.27. The Morgan fingerprint density at radius 1 is 1.38 bits per heavy atom. The molecule has 0 saturated heterocycles. The standard InChI is InChI=1S/C10H9ClN2/c11-9-8(7-1-2-7)3-5-13-6-4-12-10(9)13/h3-7H,1-2H2. The topological polar surface area (TPSA) is 17.3 Å². The molecular weight excluding hydrogens is 184 g/mol. The van der Waals surface area contributed by atoms with E-state index in [0.29, 0.717) is 5.92 Å². The van der Waals surface area contributed by atoms with E-state index in [9.17, 15) is 0 Å². The van der Waals surface area contributed by atoms with E-state index < -0.39 is 0 Å². The van der Waals surface area contributed by atoms with Gasteiger partial charge in [0.15, 0.2) is 5.65 Å². The molecule has 3 heteroatoms. The highest BCUT2D eigenvalue weighted by Crippen LogP contribution is 2.43. The van der Waals surface area contributed by atoms with Crippen molar-refractivity contribution in [3.8, 4) is 0 Å². The predicted octanol–water partition coefficient (Wildman–Crippen LogP) is 2.87. The molecule has 13 heavy (non-hydrogen) atoms. The van der Waals surface area contributed by atoms with Crippen LogP contribution in [0.4, 0.5) is 0 Å². The summed E-state index contributed by atoms with van der Waals surface area (Å²) in [7, 11) is 0. The molecule has 0 spiro atoms. The van der Waals surface area contributed by atoms with Crippen molar-refractivity contribution in [2.75, 3.05) is 0 Å². The number of pyridine rings is 1. The molecule has 2 aromatic rings. The van der Waals surface area contributed by atoms with Crippen molar-refractivity contribution in [3.63, 3.8) is 0 Å². The zero-order chi connectivity index (χ0) is 8.84. The fourth-order valence-electron chi connectivity index (χ4n) is 1.68. The first-order valence-electron chi connectivity index (χ1n) is 4.47. The van der Waals surface area contributed by atoms with Gasteiger partial charge in [-0.2, -0.15) is 0 Å². The molecule has 0 unspecified atom stereocenters. The van der Waals surface area contributed by atoms with Gasteiger partial charge in [-0.05, 0) is 30.4 Å². The van der Waals surface area contributed by atoms with Crippen LogP contribution in [0.3, 0.4) is 0 Å². The minimum Gasteiger partial charge on any atom is -0.306 e.